The van der Waals surface area contributed by atoms with Gasteiger partial charge in [-0.1, -0.05) is 17.3 Å². The minimum absolute atomic E-state index is 0.113. The standard InChI is InChI=1S/C20H16F2N4O/c21-16-5-3-4-12(18(16)22)15-11-24-27-19(15)14-10-23-20-13(14)6-7-17(25-20)26-8-1-2-9-26/h3-7,10-11H,1-2,8-9H2,(H,23,25). The number of aromatic amines is 1. The minimum atomic E-state index is -0.920. The summed E-state index contributed by atoms with van der Waals surface area (Å²) >= 11 is 0. The van der Waals surface area contributed by atoms with Crippen molar-refractivity contribution in [2.24, 2.45) is 0 Å². The molecule has 1 aliphatic rings. The highest BCUT2D eigenvalue weighted by molar-refractivity contribution is 5.96. The van der Waals surface area contributed by atoms with Gasteiger partial charge in [0.05, 0.1) is 11.8 Å². The Morgan fingerprint density at radius 2 is 1.85 bits per heavy atom. The summed E-state index contributed by atoms with van der Waals surface area (Å²) in [4.78, 5) is 10.1. The van der Waals surface area contributed by atoms with E-state index in [1.165, 1.54) is 31.2 Å². The number of hydrogen-bond donors (Lipinski definition) is 1. The van der Waals surface area contributed by atoms with E-state index in [1.807, 2.05) is 12.1 Å². The summed E-state index contributed by atoms with van der Waals surface area (Å²) in [6, 6.07) is 8.00. The number of anilines is 1. The van der Waals surface area contributed by atoms with E-state index in [1.54, 1.807) is 6.20 Å². The lowest BCUT2D eigenvalue weighted by Gasteiger charge is -2.15. The number of benzene rings is 1. The Morgan fingerprint density at radius 3 is 2.70 bits per heavy atom. The third kappa shape index (κ3) is 2.58. The number of hydrogen-bond acceptors (Lipinski definition) is 4. The Labute approximate surface area is 153 Å². The van der Waals surface area contributed by atoms with Gasteiger partial charge in [-0.3, -0.25) is 0 Å². The molecule has 136 valence electrons. The number of pyridine rings is 1. The van der Waals surface area contributed by atoms with Crippen LogP contribution < -0.4 is 4.90 Å². The van der Waals surface area contributed by atoms with E-state index in [0.29, 0.717) is 16.9 Å². The van der Waals surface area contributed by atoms with Crippen molar-refractivity contribution < 1.29 is 13.3 Å². The molecular weight excluding hydrogens is 350 g/mol. The summed E-state index contributed by atoms with van der Waals surface area (Å²) in [5.74, 6) is -0.518. The molecule has 5 nitrogen and oxygen atoms in total. The van der Waals surface area contributed by atoms with Gasteiger partial charge in [-0.15, -0.1) is 0 Å². The lowest BCUT2D eigenvalue weighted by molar-refractivity contribution is 0.432. The zero-order valence-electron chi connectivity index (χ0n) is 14.4. The molecule has 1 fully saturated rings. The molecule has 0 aliphatic carbocycles. The maximum Gasteiger partial charge on any atom is 0.176 e. The van der Waals surface area contributed by atoms with Gasteiger partial charge in [-0.25, -0.2) is 13.8 Å². The highest BCUT2D eigenvalue weighted by Gasteiger charge is 2.21. The highest BCUT2D eigenvalue weighted by atomic mass is 19.2. The number of halogens is 2. The van der Waals surface area contributed by atoms with E-state index in [-0.39, 0.29) is 5.56 Å². The highest BCUT2D eigenvalue weighted by Crippen LogP contribution is 2.37. The third-order valence-electron chi connectivity index (χ3n) is 5.01. The predicted octanol–water partition coefficient (Wildman–Crippen LogP) is 4.76. The Morgan fingerprint density at radius 1 is 1.00 bits per heavy atom. The SMILES string of the molecule is Fc1cccc(-c2cnoc2-c2c[nH]c3nc(N4CCCC4)ccc23)c1F. The second kappa shape index (κ2) is 6.19. The third-order valence-corrected chi connectivity index (χ3v) is 5.01. The van der Waals surface area contributed by atoms with Crippen molar-refractivity contribution in [3.05, 3.63) is 54.4 Å². The molecule has 1 aromatic carbocycles. The van der Waals surface area contributed by atoms with Crippen LogP contribution in [0.15, 0.2) is 47.2 Å². The van der Waals surface area contributed by atoms with Crippen LogP contribution in [0.25, 0.3) is 33.5 Å². The smallest absolute Gasteiger partial charge is 0.176 e. The van der Waals surface area contributed by atoms with E-state index in [4.69, 9.17) is 9.51 Å². The van der Waals surface area contributed by atoms with Crippen molar-refractivity contribution in [3.63, 3.8) is 0 Å². The van der Waals surface area contributed by atoms with Crippen molar-refractivity contribution in [1.29, 1.82) is 0 Å². The molecule has 1 aliphatic heterocycles. The lowest BCUT2D eigenvalue weighted by Crippen LogP contribution is -2.18. The van der Waals surface area contributed by atoms with Crippen molar-refractivity contribution >= 4 is 16.9 Å². The van der Waals surface area contributed by atoms with Crippen molar-refractivity contribution in [2.45, 2.75) is 12.8 Å². The number of nitrogens with zero attached hydrogens (tertiary/aromatic N) is 3. The topological polar surface area (TPSA) is 58.0 Å². The van der Waals surface area contributed by atoms with Crippen LogP contribution in [-0.4, -0.2) is 28.2 Å². The molecule has 27 heavy (non-hydrogen) atoms. The second-order valence-corrected chi connectivity index (χ2v) is 6.63. The first-order valence-corrected chi connectivity index (χ1v) is 8.85. The van der Waals surface area contributed by atoms with E-state index in [2.05, 4.69) is 15.0 Å². The molecule has 4 heterocycles. The van der Waals surface area contributed by atoms with Crippen LogP contribution in [-0.2, 0) is 0 Å². The molecule has 1 N–H and O–H groups in total. The zero-order chi connectivity index (χ0) is 18.4. The first-order valence-electron chi connectivity index (χ1n) is 8.85. The number of H-pyrrole nitrogens is 1. The summed E-state index contributed by atoms with van der Waals surface area (Å²) in [5.41, 5.74) is 1.94. The summed E-state index contributed by atoms with van der Waals surface area (Å²) < 4.78 is 33.3. The van der Waals surface area contributed by atoms with Gasteiger partial charge in [0.15, 0.2) is 17.4 Å². The summed E-state index contributed by atoms with van der Waals surface area (Å²) in [5, 5.41) is 4.65. The Bertz CT molecular complexity index is 1130. The molecular formula is C20H16F2N4O. The van der Waals surface area contributed by atoms with Crippen LogP contribution in [0, 0.1) is 11.6 Å². The fourth-order valence-electron chi connectivity index (χ4n) is 3.64. The monoisotopic (exact) mass is 366 g/mol. The summed E-state index contributed by atoms with van der Waals surface area (Å²) in [6.07, 6.45) is 5.51. The van der Waals surface area contributed by atoms with Gasteiger partial charge < -0.3 is 14.4 Å². The first-order chi connectivity index (χ1) is 13.2. The molecule has 4 aromatic rings. The molecule has 7 heteroatoms. The fraction of sp³-hybridized carbons (Fsp3) is 0.200. The normalized spacial score (nSPS) is 14.4. The molecule has 1 saturated heterocycles. The van der Waals surface area contributed by atoms with Gasteiger partial charge in [0.2, 0.25) is 0 Å². The average Bonchev–Trinajstić information content (AvgIpc) is 3.43. The van der Waals surface area contributed by atoms with Crippen molar-refractivity contribution in [2.75, 3.05) is 18.0 Å². The molecule has 0 amide bonds. The van der Waals surface area contributed by atoms with E-state index in [0.717, 1.165) is 36.0 Å². The molecule has 0 saturated carbocycles. The van der Waals surface area contributed by atoms with Gasteiger partial charge in [0.25, 0.3) is 0 Å². The van der Waals surface area contributed by atoms with Gasteiger partial charge in [0.1, 0.15) is 11.5 Å². The van der Waals surface area contributed by atoms with Gasteiger partial charge in [-0.2, -0.15) is 0 Å². The maximum atomic E-state index is 14.3. The molecule has 0 spiro atoms. The Hall–Kier alpha value is -3.22. The molecule has 0 atom stereocenters. The minimum Gasteiger partial charge on any atom is -0.357 e. The van der Waals surface area contributed by atoms with Crippen LogP contribution in [0.2, 0.25) is 0 Å². The number of rotatable bonds is 3. The van der Waals surface area contributed by atoms with E-state index < -0.39 is 11.6 Å². The summed E-state index contributed by atoms with van der Waals surface area (Å²) in [6.45, 7) is 2.02. The largest absolute Gasteiger partial charge is 0.357 e. The van der Waals surface area contributed by atoms with Crippen molar-refractivity contribution in [3.8, 4) is 22.5 Å². The van der Waals surface area contributed by atoms with Crippen LogP contribution >= 0.6 is 0 Å². The van der Waals surface area contributed by atoms with E-state index in [9.17, 15) is 8.78 Å². The molecule has 0 radical (unpaired) electrons. The quantitative estimate of drug-likeness (QED) is 0.568. The van der Waals surface area contributed by atoms with Crippen LogP contribution in [0.4, 0.5) is 14.6 Å². The predicted molar refractivity (Wildman–Crippen MR) is 98.4 cm³/mol. The molecule has 0 unspecified atom stereocenters. The van der Waals surface area contributed by atoms with E-state index >= 15 is 0 Å². The van der Waals surface area contributed by atoms with Gasteiger partial charge >= 0.3 is 0 Å². The number of nitrogens with one attached hydrogen (secondary N) is 1. The van der Waals surface area contributed by atoms with Gasteiger partial charge in [-0.05, 0) is 31.0 Å². The lowest BCUT2D eigenvalue weighted by atomic mass is 10.0. The molecule has 0 bridgehead atoms. The van der Waals surface area contributed by atoms with Crippen molar-refractivity contribution in [1.82, 2.24) is 15.1 Å². The molecule has 3 aromatic heterocycles. The van der Waals surface area contributed by atoms with Crippen LogP contribution in [0.1, 0.15) is 12.8 Å². The Kier molecular flexibility index (Phi) is 3.67. The second-order valence-electron chi connectivity index (χ2n) is 6.63. The maximum absolute atomic E-state index is 14.3. The Balaban J connectivity index is 1.61. The van der Waals surface area contributed by atoms with Crippen LogP contribution in [0.5, 0.6) is 0 Å². The molecule has 5 rings (SSSR count). The zero-order valence-corrected chi connectivity index (χ0v) is 14.4. The summed E-state index contributed by atoms with van der Waals surface area (Å²) in [7, 11) is 0. The number of aromatic nitrogens is 3. The average molecular weight is 366 g/mol. The van der Waals surface area contributed by atoms with Crippen LogP contribution in [0.3, 0.4) is 0 Å². The fourth-order valence-corrected chi connectivity index (χ4v) is 3.64. The first kappa shape index (κ1) is 16.0. The van der Waals surface area contributed by atoms with Gasteiger partial charge in [0, 0.05) is 35.8 Å². The number of fused-ring (bicyclic) bond motifs is 1.